The maximum absolute atomic E-state index is 10.9. The average molecular weight is 189 g/mol. The summed E-state index contributed by atoms with van der Waals surface area (Å²) in [5.74, 6) is 0. The van der Waals surface area contributed by atoms with Gasteiger partial charge in [0.1, 0.15) is 0 Å². The molecule has 0 amide bonds. The zero-order valence-electron chi connectivity index (χ0n) is 6.43. The lowest BCUT2D eigenvalue weighted by molar-refractivity contribution is 0.143. The Morgan fingerprint density at radius 3 is 2.38 bits per heavy atom. The molecular formula is C5H7N3O5. The predicted molar refractivity (Wildman–Crippen MR) is 39.9 cm³/mol. The molecule has 0 saturated carbocycles. The van der Waals surface area contributed by atoms with Crippen molar-refractivity contribution in [2.45, 2.75) is 6.54 Å². The molecule has 0 saturated heterocycles. The van der Waals surface area contributed by atoms with Crippen LogP contribution in [0.3, 0.4) is 0 Å². The van der Waals surface area contributed by atoms with Gasteiger partial charge < -0.3 is 10.3 Å². The molecule has 3 N–H and O–H groups in total. The van der Waals surface area contributed by atoms with Gasteiger partial charge in [-0.3, -0.25) is 4.98 Å². The molecule has 1 rings (SSSR count). The van der Waals surface area contributed by atoms with E-state index in [2.05, 4.69) is 0 Å². The van der Waals surface area contributed by atoms with Crippen LogP contribution in [0.15, 0.2) is 14.4 Å². The molecule has 0 aliphatic heterocycles. The number of aromatic nitrogens is 3. The maximum Gasteiger partial charge on any atom is 0.369 e. The second kappa shape index (κ2) is 3.27. The van der Waals surface area contributed by atoms with E-state index in [0.717, 1.165) is 0 Å². The molecule has 0 aromatic carbocycles. The molecule has 0 fully saturated rings. The van der Waals surface area contributed by atoms with Gasteiger partial charge in [0, 0.05) is 0 Å². The molecule has 0 unspecified atom stereocenters. The van der Waals surface area contributed by atoms with Crippen LogP contribution in [-0.2, 0) is 6.54 Å². The van der Waals surface area contributed by atoms with E-state index in [1.54, 1.807) is 4.98 Å². The first kappa shape index (κ1) is 9.26. The van der Waals surface area contributed by atoms with Crippen molar-refractivity contribution in [3.63, 3.8) is 0 Å². The number of nitrogens with zero attached hydrogens (tertiary/aromatic N) is 2. The van der Waals surface area contributed by atoms with Crippen molar-refractivity contribution >= 4 is 0 Å². The number of nitrogens with one attached hydrogen (secondary N) is 1. The number of hydrogen-bond acceptors (Lipinski definition) is 5. The first-order chi connectivity index (χ1) is 6.07. The smallest absolute Gasteiger partial charge is 0.369 e. The molecule has 0 spiro atoms. The lowest BCUT2D eigenvalue weighted by atomic mass is 10.7. The minimum absolute atomic E-state index is 0.239. The van der Waals surface area contributed by atoms with E-state index in [-0.39, 0.29) is 11.3 Å². The average Bonchev–Trinajstić information content (AvgIpc) is 2.09. The molecule has 8 nitrogen and oxygen atoms in total. The Morgan fingerprint density at radius 1 is 1.23 bits per heavy atom. The summed E-state index contributed by atoms with van der Waals surface area (Å²) in [5, 5.41) is 17.2. The summed E-state index contributed by atoms with van der Waals surface area (Å²) in [6.07, 6.45) is 0. The number of aliphatic hydroxyl groups excluding tert-OH is 1. The van der Waals surface area contributed by atoms with Gasteiger partial charge in [-0.25, -0.2) is 19.0 Å². The molecular weight excluding hydrogens is 182 g/mol. The molecule has 1 aromatic rings. The minimum Gasteiger partial charge on any atom is -0.420 e. The summed E-state index contributed by atoms with van der Waals surface area (Å²) in [6, 6.07) is 0. The van der Waals surface area contributed by atoms with Gasteiger partial charge in [-0.15, -0.1) is 0 Å². The molecule has 1 heterocycles. The van der Waals surface area contributed by atoms with Gasteiger partial charge in [0.2, 0.25) is 0 Å². The van der Waals surface area contributed by atoms with Crippen molar-refractivity contribution in [3.05, 3.63) is 31.5 Å². The normalized spacial score (nSPS) is 10.2. The third-order valence-corrected chi connectivity index (χ3v) is 1.39. The van der Waals surface area contributed by atoms with Crippen LogP contribution >= 0.6 is 0 Å². The minimum atomic E-state index is -1.20. The fourth-order valence-corrected chi connectivity index (χ4v) is 0.797. The second-order valence-corrected chi connectivity index (χ2v) is 2.20. The van der Waals surface area contributed by atoms with E-state index in [4.69, 9.17) is 10.3 Å². The Kier molecular flexibility index (Phi) is 2.33. The second-order valence-electron chi connectivity index (χ2n) is 2.20. The Morgan fingerprint density at radius 2 is 1.85 bits per heavy atom. The molecule has 0 bridgehead atoms. The third kappa shape index (κ3) is 1.51. The van der Waals surface area contributed by atoms with Crippen LogP contribution in [0.25, 0.3) is 0 Å². The van der Waals surface area contributed by atoms with E-state index in [1.807, 2.05) is 0 Å². The lowest BCUT2D eigenvalue weighted by Crippen LogP contribution is -2.49. The summed E-state index contributed by atoms with van der Waals surface area (Å²) in [5.41, 5.74) is -3.35. The van der Waals surface area contributed by atoms with Crippen molar-refractivity contribution in [1.82, 2.24) is 14.3 Å². The molecule has 1 aromatic heterocycles. The highest BCUT2D eigenvalue weighted by atomic mass is 16.5. The van der Waals surface area contributed by atoms with E-state index in [1.165, 1.54) is 0 Å². The fraction of sp³-hybridized carbons (Fsp3) is 0.400. The van der Waals surface area contributed by atoms with E-state index in [9.17, 15) is 14.4 Å². The number of hydrogen-bond donors (Lipinski definition) is 3. The summed E-state index contributed by atoms with van der Waals surface area (Å²) in [6.45, 7) is -0.726. The molecule has 0 aliphatic rings. The van der Waals surface area contributed by atoms with E-state index < -0.39 is 23.7 Å². The lowest BCUT2D eigenvalue weighted by Gasteiger charge is -2.00. The largest absolute Gasteiger partial charge is 0.420 e. The topological polar surface area (TPSA) is 117 Å². The monoisotopic (exact) mass is 189 g/mol. The van der Waals surface area contributed by atoms with Crippen molar-refractivity contribution < 1.29 is 10.3 Å². The van der Waals surface area contributed by atoms with Crippen LogP contribution < -0.4 is 17.1 Å². The van der Waals surface area contributed by atoms with E-state index in [0.29, 0.717) is 4.57 Å². The van der Waals surface area contributed by atoms with Crippen molar-refractivity contribution in [1.29, 1.82) is 0 Å². The maximum atomic E-state index is 10.9. The molecule has 13 heavy (non-hydrogen) atoms. The van der Waals surface area contributed by atoms with Crippen LogP contribution in [0.4, 0.5) is 0 Å². The van der Waals surface area contributed by atoms with Crippen molar-refractivity contribution in [3.8, 4) is 0 Å². The highest BCUT2D eigenvalue weighted by Gasteiger charge is 2.06. The Balaban J connectivity index is 3.54. The SMILES string of the molecule is O=c1[nH]c(=O)n(CCO)c(=O)n1O. The quantitative estimate of drug-likeness (QED) is 0.426. The summed E-state index contributed by atoms with van der Waals surface area (Å²) in [4.78, 5) is 34.1. The van der Waals surface area contributed by atoms with Gasteiger partial charge in [0.05, 0.1) is 13.2 Å². The first-order valence-corrected chi connectivity index (χ1v) is 3.34. The predicted octanol–water partition coefficient (Wildman–Crippen LogP) is -3.07. The molecule has 0 radical (unpaired) electrons. The van der Waals surface area contributed by atoms with Crippen LogP contribution in [0, 0.1) is 0 Å². The van der Waals surface area contributed by atoms with Gasteiger partial charge in [-0.05, 0) is 0 Å². The number of aliphatic hydroxyl groups is 1. The Bertz CT molecular complexity index is 466. The molecule has 8 heteroatoms. The summed E-state index contributed by atoms with van der Waals surface area (Å²) >= 11 is 0. The summed E-state index contributed by atoms with van der Waals surface area (Å²) in [7, 11) is 0. The first-order valence-electron chi connectivity index (χ1n) is 3.34. The van der Waals surface area contributed by atoms with Crippen LogP contribution in [-0.4, -0.2) is 31.2 Å². The Hall–Kier alpha value is -1.83. The zero-order valence-corrected chi connectivity index (χ0v) is 6.43. The van der Waals surface area contributed by atoms with Crippen molar-refractivity contribution in [2.24, 2.45) is 0 Å². The van der Waals surface area contributed by atoms with Gasteiger partial charge >= 0.3 is 17.1 Å². The van der Waals surface area contributed by atoms with E-state index >= 15 is 0 Å². The zero-order chi connectivity index (χ0) is 10.0. The standard InChI is InChI=1S/C5H7N3O5/c9-2-1-7-3(10)6-4(11)8(13)5(7)12/h9,13H,1-2H2,(H,6,10,11). The third-order valence-electron chi connectivity index (χ3n) is 1.39. The highest BCUT2D eigenvalue weighted by molar-refractivity contribution is 4.70. The Labute approximate surface area is 70.3 Å². The van der Waals surface area contributed by atoms with Gasteiger partial charge in [0.25, 0.3) is 0 Å². The van der Waals surface area contributed by atoms with Gasteiger partial charge in [-0.2, -0.15) is 0 Å². The number of H-pyrrole nitrogens is 1. The van der Waals surface area contributed by atoms with Crippen LogP contribution in [0.2, 0.25) is 0 Å². The van der Waals surface area contributed by atoms with Crippen LogP contribution in [0.1, 0.15) is 0 Å². The van der Waals surface area contributed by atoms with Gasteiger partial charge in [0.15, 0.2) is 0 Å². The van der Waals surface area contributed by atoms with Crippen molar-refractivity contribution in [2.75, 3.05) is 6.61 Å². The van der Waals surface area contributed by atoms with Crippen LogP contribution in [0.5, 0.6) is 0 Å². The molecule has 72 valence electrons. The molecule has 0 atom stereocenters. The molecule has 0 aliphatic carbocycles. The fourth-order valence-electron chi connectivity index (χ4n) is 0.797. The highest BCUT2D eigenvalue weighted by Crippen LogP contribution is 1.65. The summed E-state index contributed by atoms with van der Waals surface area (Å²) < 4.78 is 0.262. The number of rotatable bonds is 2. The number of aromatic amines is 1. The van der Waals surface area contributed by atoms with Gasteiger partial charge in [-0.1, -0.05) is 4.73 Å².